The van der Waals surface area contributed by atoms with Crippen molar-refractivity contribution in [2.24, 2.45) is 0 Å². The number of nitrogens with zero attached hydrogens (tertiary/aromatic N) is 1. The Labute approximate surface area is 227 Å². The third kappa shape index (κ3) is 6.55. The maximum absolute atomic E-state index is 12.8. The molecule has 0 bridgehead atoms. The minimum Gasteiger partial charge on any atom is -0.489 e. The molecule has 5 rings (SSSR count). The average Bonchev–Trinajstić information content (AvgIpc) is 2.94. The third-order valence-electron chi connectivity index (χ3n) is 6.65. The number of ketones is 1. The lowest BCUT2D eigenvalue weighted by Crippen LogP contribution is -2.39. The van der Waals surface area contributed by atoms with E-state index in [0.29, 0.717) is 43.3 Å². The fourth-order valence-corrected chi connectivity index (χ4v) is 4.62. The summed E-state index contributed by atoms with van der Waals surface area (Å²) in [4.78, 5) is 29.3. The van der Waals surface area contributed by atoms with E-state index in [1.54, 1.807) is 25.1 Å². The van der Waals surface area contributed by atoms with E-state index in [1.165, 1.54) is 0 Å². The van der Waals surface area contributed by atoms with E-state index in [-0.39, 0.29) is 24.6 Å². The van der Waals surface area contributed by atoms with Crippen molar-refractivity contribution in [3.63, 3.8) is 0 Å². The monoisotopic (exact) mass is 525 g/mol. The molecule has 1 atom stereocenters. The summed E-state index contributed by atoms with van der Waals surface area (Å²) < 4.78 is 23.2. The number of carbonyl (C=O) groups is 2. The molecule has 3 aromatic carbocycles. The number of benzene rings is 3. The molecule has 0 fully saturated rings. The van der Waals surface area contributed by atoms with Gasteiger partial charge in [-0.15, -0.1) is 0 Å². The van der Waals surface area contributed by atoms with Gasteiger partial charge in [0.2, 0.25) is 0 Å². The van der Waals surface area contributed by atoms with Gasteiger partial charge < -0.3 is 18.9 Å². The van der Waals surface area contributed by atoms with E-state index < -0.39 is 5.60 Å². The lowest BCUT2D eigenvalue weighted by molar-refractivity contribution is -0.144. The van der Waals surface area contributed by atoms with Crippen molar-refractivity contribution in [1.82, 2.24) is 4.98 Å². The lowest BCUT2D eigenvalue weighted by atomic mass is 9.88. The number of esters is 1. The number of hydrogen-bond donors (Lipinski definition) is 0. The van der Waals surface area contributed by atoms with Crippen molar-refractivity contribution >= 4 is 22.7 Å². The fraction of sp³-hybridized carbons (Fsp3) is 0.281. The molecule has 0 amide bonds. The van der Waals surface area contributed by atoms with Crippen LogP contribution in [0.25, 0.3) is 10.9 Å². The number of hydrogen-bond acceptors (Lipinski definition) is 7. The van der Waals surface area contributed by atoms with Gasteiger partial charge in [-0.2, -0.15) is 0 Å². The van der Waals surface area contributed by atoms with Crippen LogP contribution in [0.1, 0.15) is 54.7 Å². The highest BCUT2D eigenvalue weighted by molar-refractivity contribution is 6.00. The Bertz CT molecular complexity index is 1500. The molecular formula is C32H31NO6. The smallest absolute Gasteiger partial charge is 0.305 e. The van der Waals surface area contributed by atoms with E-state index in [9.17, 15) is 9.59 Å². The number of Topliss-reactive ketones (excluding diaryl/α,β-unsaturated/α-hetero) is 1. The fourth-order valence-electron chi connectivity index (χ4n) is 4.62. The van der Waals surface area contributed by atoms with Crippen LogP contribution in [0.4, 0.5) is 0 Å². The van der Waals surface area contributed by atoms with E-state index >= 15 is 0 Å². The van der Waals surface area contributed by atoms with Crippen molar-refractivity contribution < 1.29 is 28.5 Å². The minimum absolute atomic E-state index is 0.0140. The number of pyridine rings is 1. The highest BCUT2D eigenvalue weighted by Gasteiger charge is 2.37. The van der Waals surface area contributed by atoms with Gasteiger partial charge in [0.05, 0.1) is 29.8 Å². The Balaban J connectivity index is 1.20. The van der Waals surface area contributed by atoms with Crippen molar-refractivity contribution in [3.05, 3.63) is 95.7 Å². The predicted molar refractivity (Wildman–Crippen MR) is 147 cm³/mol. The molecule has 0 radical (unpaired) electrons. The van der Waals surface area contributed by atoms with Gasteiger partial charge in [0.15, 0.2) is 5.78 Å². The van der Waals surface area contributed by atoms with E-state index in [4.69, 9.17) is 18.9 Å². The van der Waals surface area contributed by atoms with Gasteiger partial charge in [0, 0.05) is 17.9 Å². The molecule has 0 spiro atoms. The number of aromatic nitrogens is 1. The topological polar surface area (TPSA) is 84.0 Å². The van der Waals surface area contributed by atoms with Crippen LogP contribution < -0.4 is 14.2 Å². The van der Waals surface area contributed by atoms with Gasteiger partial charge >= 0.3 is 5.97 Å². The first-order valence-electron chi connectivity index (χ1n) is 13.1. The molecular weight excluding hydrogens is 494 g/mol. The minimum atomic E-state index is -0.777. The summed E-state index contributed by atoms with van der Waals surface area (Å²) in [7, 11) is 0. The zero-order valence-corrected chi connectivity index (χ0v) is 22.1. The molecule has 200 valence electrons. The number of ether oxygens (including phenoxy) is 4. The Morgan fingerprint density at radius 1 is 0.949 bits per heavy atom. The molecule has 0 saturated carbocycles. The van der Waals surface area contributed by atoms with Crippen LogP contribution in [0.15, 0.2) is 78.9 Å². The van der Waals surface area contributed by atoms with E-state index in [0.717, 1.165) is 27.9 Å². The van der Waals surface area contributed by atoms with Crippen LogP contribution in [0.2, 0.25) is 0 Å². The maximum Gasteiger partial charge on any atom is 0.305 e. The summed E-state index contributed by atoms with van der Waals surface area (Å²) in [5.41, 5.74) is 2.48. The Morgan fingerprint density at radius 3 is 2.64 bits per heavy atom. The Kier molecular flexibility index (Phi) is 7.77. The van der Waals surface area contributed by atoms with E-state index in [2.05, 4.69) is 4.98 Å². The third-order valence-corrected chi connectivity index (χ3v) is 6.65. The second-order valence-corrected chi connectivity index (χ2v) is 9.83. The quantitative estimate of drug-likeness (QED) is 0.220. The van der Waals surface area contributed by atoms with Gasteiger partial charge in [-0.1, -0.05) is 36.4 Å². The summed E-state index contributed by atoms with van der Waals surface area (Å²) in [5.74, 6) is 1.47. The predicted octanol–water partition coefficient (Wildman–Crippen LogP) is 6.46. The van der Waals surface area contributed by atoms with Crippen molar-refractivity contribution in [2.75, 3.05) is 6.61 Å². The second kappa shape index (κ2) is 11.6. The molecule has 1 aromatic heterocycles. The number of fused-ring (bicyclic) bond motifs is 2. The number of para-hydroxylation sites is 1. The van der Waals surface area contributed by atoms with Crippen LogP contribution >= 0.6 is 0 Å². The molecule has 0 aliphatic carbocycles. The van der Waals surface area contributed by atoms with Gasteiger partial charge in [0.1, 0.15) is 36.1 Å². The van der Waals surface area contributed by atoms with Crippen LogP contribution in [0.3, 0.4) is 0 Å². The molecule has 1 aliphatic heterocycles. The average molecular weight is 526 g/mol. The van der Waals surface area contributed by atoms with Crippen molar-refractivity contribution in [2.45, 2.75) is 51.9 Å². The molecule has 7 heteroatoms. The van der Waals surface area contributed by atoms with Gasteiger partial charge in [-0.3, -0.25) is 9.59 Å². The van der Waals surface area contributed by atoms with Crippen LogP contribution in [0.5, 0.6) is 17.2 Å². The molecule has 39 heavy (non-hydrogen) atoms. The normalized spacial score (nSPS) is 16.3. The summed E-state index contributed by atoms with van der Waals surface area (Å²) in [6.07, 6.45) is 0.795. The highest BCUT2D eigenvalue weighted by atomic mass is 16.5. The van der Waals surface area contributed by atoms with E-state index in [1.807, 2.05) is 67.6 Å². The van der Waals surface area contributed by atoms with Gasteiger partial charge in [-0.05, 0) is 62.2 Å². The Morgan fingerprint density at radius 2 is 1.77 bits per heavy atom. The molecule has 7 nitrogen and oxygen atoms in total. The highest BCUT2D eigenvalue weighted by Crippen LogP contribution is 2.38. The SMILES string of the molecule is CCOC(=O)CCC1(C)CC(=O)c2ccc(OCc3cccc(OCc4ccc5ccccc5n4)c3)cc2O1. The summed E-state index contributed by atoms with van der Waals surface area (Å²) in [5, 5.41) is 1.10. The zero-order chi connectivity index (χ0) is 27.2. The van der Waals surface area contributed by atoms with Gasteiger partial charge in [0.25, 0.3) is 0 Å². The van der Waals surface area contributed by atoms with Crippen LogP contribution in [-0.2, 0) is 22.7 Å². The molecule has 2 heterocycles. The van der Waals surface area contributed by atoms with Crippen molar-refractivity contribution in [3.8, 4) is 17.2 Å². The largest absolute Gasteiger partial charge is 0.489 e. The molecule has 0 N–H and O–H groups in total. The first-order valence-corrected chi connectivity index (χ1v) is 13.1. The summed E-state index contributed by atoms with van der Waals surface area (Å²) >= 11 is 0. The molecule has 0 saturated heterocycles. The standard InChI is InChI=1S/C32H31NO6/c1-3-36-31(35)15-16-32(2)19-29(34)27-14-13-26(18-30(27)39-32)37-20-22-7-6-9-25(17-22)38-21-24-12-11-23-8-4-5-10-28(23)33-24/h4-14,17-18H,3,15-16,19-21H2,1-2H3. The maximum atomic E-state index is 12.8. The zero-order valence-electron chi connectivity index (χ0n) is 22.1. The lowest BCUT2D eigenvalue weighted by Gasteiger charge is -2.35. The molecule has 4 aromatic rings. The second-order valence-electron chi connectivity index (χ2n) is 9.83. The summed E-state index contributed by atoms with van der Waals surface area (Å²) in [6.45, 7) is 4.62. The van der Waals surface area contributed by atoms with Gasteiger partial charge in [-0.25, -0.2) is 4.98 Å². The van der Waals surface area contributed by atoms with Crippen molar-refractivity contribution in [1.29, 1.82) is 0 Å². The van der Waals surface area contributed by atoms with Crippen LogP contribution in [-0.4, -0.2) is 28.9 Å². The first kappa shape index (κ1) is 26.2. The summed E-state index contributed by atoms with van der Waals surface area (Å²) in [6, 6.07) is 25.0. The first-order chi connectivity index (χ1) is 18.9. The Hall–Kier alpha value is -4.39. The number of carbonyl (C=O) groups excluding carboxylic acids is 2. The molecule has 1 aliphatic rings. The molecule has 1 unspecified atom stereocenters. The van der Waals surface area contributed by atoms with Crippen LogP contribution in [0, 0.1) is 0 Å². The number of rotatable bonds is 10.